The Bertz CT molecular complexity index is 447. The molecule has 0 fully saturated rings. The number of aryl methyl sites for hydroxylation is 2. The van der Waals surface area contributed by atoms with Crippen molar-refractivity contribution in [3.8, 4) is 0 Å². The highest BCUT2D eigenvalue weighted by atomic mass is 35.5. The van der Waals surface area contributed by atoms with Crippen molar-refractivity contribution in [2.75, 3.05) is 0 Å². The molecule has 2 aromatic heterocycles. The summed E-state index contributed by atoms with van der Waals surface area (Å²) in [7, 11) is 0. The minimum absolute atomic E-state index is 0.690. The third-order valence-electron chi connectivity index (χ3n) is 2.00. The Kier molecular flexibility index (Phi) is 1.96. The third kappa shape index (κ3) is 1.29. The minimum Gasteiger partial charge on any atom is -0.219 e. The van der Waals surface area contributed by atoms with Gasteiger partial charge in [-0.05, 0) is 18.6 Å². The summed E-state index contributed by atoms with van der Waals surface area (Å²) in [5, 5.41) is 4.94. The van der Waals surface area contributed by atoms with Crippen molar-refractivity contribution in [2.24, 2.45) is 0 Å². The van der Waals surface area contributed by atoms with Gasteiger partial charge in [0.1, 0.15) is 0 Å². The monoisotopic (exact) mass is 195 g/mol. The van der Waals surface area contributed by atoms with Crippen LogP contribution in [0.5, 0.6) is 0 Å². The first-order valence-corrected chi connectivity index (χ1v) is 4.60. The van der Waals surface area contributed by atoms with Gasteiger partial charge >= 0.3 is 0 Å². The average Bonchev–Trinajstić information content (AvgIpc) is 2.55. The first-order chi connectivity index (χ1) is 6.22. The second-order valence-corrected chi connectivity index (χ2v) is 3.34. The zero-order valence-corrected chi connectivity index (χ0v) is 8.34. The van der Waals surface area contributed by atoms with Crippen LogP contribution in [-0.4, -0.2) is 14.6 Å². The summed E-state index contributed by atoms with van der Waals surface area (Å²) in [5.41, 5.74) is 1.78. The van der Waals surface area contributed by atoms with Gasteiger partial charge in [-0.1, -0.05) is 18.5 Å². The van der Waals surface area contributed by atoms with Crippen LogP contribution in [0.4, 0.5) is 0 Å². The lowest BCUT2D eigenvalue weighted by atomic mass is 10.3. The summed E-state index contributed by atoms with van der Waals surface area (Å²) in [6.07, 6.45) is 2.71. The topological polar surface area (TPSA) is 30.2 Å². The Morgan fingerprint density at radius 2 is 2.31 bits per heavy atom. The highest BCUT2D eigenvalue weighted by molar-refractivity contribution is 6.34. The fourth-order valence-electron chi connectivity index (χ4n) is 1.20. The third-order valence-corrected chi connectivity index (χ3v) is 2.47. The van der Waals surface area contributed by atoms with Crippen molar-refractivity contribution in [3.63, 3.8) is 0 Å². The molecule has 0 unspecified atom stereocenters. The van der Waals surface area contributed by atoms with Crippen molar-refractivity contribution < 1.29 is 0 Å². The molecule has 0 radical (unpaired) electrons. The van der Waals surface area contributed by atoms with Crippen LogP contribution < -0.4 is 0 Å². The number of hydrogen-bond donors (Lipinski definition) is 0. The molecule has 0 aliphatic rings. The van der Waals surface area contributed by atoms with Crippen LogP contribution in [0.1, 0.15) is 18.3 Å². The number of halogens is 1. The molecule has 2 aromatic rings. The van der Waals surface area contributed by atoms with Gasteiger partial charge in [0.05, 0.1) is 5.02 Å². The summed E-state index contributed by atoms with van der Waals surface area (Å²) in [4.78, 5) is 4.31. The van der Waals surface area contributed by atoms with E-state index in [1.807, 2.05) is 26.1 Å². The molecule has 0 aliphatic heterocycles. The van der Waals surface area contributed by atoms with Crippen molar-refractivity contribution in [1.82, 2.24) is 14.6 Å². The number of pyridine rings is 1. The van der Waals surface area contributed by atoms with Crippen LogP contribution in [0.25, 0.3) is 5.65 Å². The Morgan fingerprint density at radius 3 is 3.00 bits per heavy atom. The molecule has 2 heterocycles. The molecule has 0 spiro atoms. The SMILES string of the molecule is CCc1nc2c(Cl)c(C)ccn2n1. The Labute approximate surface area is 81.4 Å². The first-order valence-electron chi connectivity index (χ1n) is 4.22. The van der Waals surface area contributed by atoms with E-state index in [1.165, 1.54) is 0 Å². The molecule has 3 nitrogen and oxygen atoms in total. The van der Waals surface area contributed by atoms with Crippen molar-refractivity contribution in [1.29, 1.82) is 0 Å². The lowest BCUT2D eigenvalue weighted by molar-refractivity contribution is 0.885. The van der Waals surface area contributed by atoms with E-state index < -0.39 is 0 Å². The number of rotatable bonds is 1. The van der Waals surface area contributed by atoms with Gasteiger partial charge in [0.2, 0.25) is 0 Å². The van der Waals surface area contributed by atoms with Crippen LogP contribution in [-0.2, 0) is 6.42 Å². The highest BCUT2D eigenvalue weighted by Gasteiger charge is 2.06. The second-order valence-electron chi connectivity index (χ2n) is 2.96. The lowest BCUT2D eigenvalue weighted by Gasteiger charge is -1.96. The van der Waals surface area contributed by atoms with Crippen molar-refractivity contribution in [3.05, 3.63) is 28.7 Å². The largest absolute Gasteiger partial charge is 0.219 e. The Morgan fingerprint density at radius 1 is 1.54 bits per heavy atom. The number of aromatic nitrogens is 3. The van der Waals surface area contributed by atoms with Gasteiger partial charge in [0.15, 0.2) is 11.5 Å². The lowest BCUT2D eigenvalue weighted by Crippen LogP contribution is -1.89. The zero-order valence-electron chi connectivity index (χ0n) is 7.58. The van der Waals surface area contributed by atoms with E-state index in [1.54, 1.807) is 4.52 Å². The van der Waals surface area contributed by atoms with Crippen molar-refractivity contribution in [2.45, 2.75) is 20.3 Å². The van der Waals surface area contributed by atoms with Crippen LogP contribution in [0, 0.1) is 6.92 Å². The van der Waals surface area contributed by atoms with Gasteiger partial charge in [0, 0.05) is 12.6 Å². The van der Waals surface area contributed by atoms with Crippen LogP contribution in [0.2, 0.25) is 5.02 Å². The molecule has 2 rings (SSSR count). The van der Waals surface area contributed by atoms with Gasteiger partial charge in [-0.2, -0.15) is 5.10 Å². The standard InChI is InChI=1S/C9H10ClN3/c1-3-7-11-9-8(10)6(2)4-5-13(9)12-7/h4-5H,3H2,1-2H3. The van der Waals surface area contributed by atoms with E-state index >= 15 is 0 Å². The zero-order chi connectivity index (χ0) is 9.42. The summed E-state index contributed by atoms with van der Waals surface area (Å²) in [6, 6.07) is 1.93. The molecule has 0 amide bonds. The summed E-state index contributed by atoms with van der Waals surface area (Å²) in [6.45, 7) is 3.98. The van der Waals surface area contributed by atoms with E-state index in [-0.39, 0.29) is 0 Å². The molecule has 0 bridgehead atoms. The molecular formula is C9H10ClN3. The van der Waals surface area contributed by atoms with E-state index in [9.17, 15) is 0 Å². The van der Waals surface area contributed by atoms with Gasteiger partial charge in [-0.3, -0.25) is 0 Å². The fourth-order valence-corrected chi connectivity index (χ4v) is 1.39. The normalized spacial score (nSPS) is 11.0. The van der Waals surface area contributed by atoms with E-state index in [4.69, 9.17) is 11.6 Å². The molecule has 0 saturated carbocycles. The summed E-state index contributed by atoms with van der Waals surface area (Å²) in [5.74, 6) is 0.826. The maximum atomic E-state index is 6.07. The second kappa shape index (κ2) is 3.00. The molecule has 68 valence electrons. The molecule has 0 aliphatic carbocycles. The average molecular weight is 196 g/mol. The van der Waals surface area contributed by atoms with Crippen LogP contribution in [0.3, 0.4) is 0 Å². The minimum atomic E-state index is 0.690. The van der Waals surface area contributed by atoms with E-state index in [0.29, 0.717) is 5.02 Å². The van der Waals surface area contributed by atoms with Gasteiger partial charge < -0.3 is 0 Å². The fraction of sp³-hybridized carbons (Fsp3) is 0.333. The molecule has 13 heavy (non-hydrogen) atoms. The van der Waals surface area contributed by atoms with Crippen LogP contribution in [0.15, 0.2) is 12.3 Å². The van der Waals surface area contributed by atoms with E-state index in [2.05, 4.69) is 10.1 Å². The number of nitrogens with zero attached hydrogens (tertiary/aromatic N) is 3. The summed E-state index contributed by atoms with van der Waals surface area (Å²) >= 11 is 6.07. The van der Waals surface area contributed by atoms with Gasteiger partial charge in [-0.15, -0.1) is 0 Å². The molecule has 0 atom stereocenters. The molecule has 0 N–H and O–H groups in total. The summed E-state index contributed by atoms with van der Waals surface area (Å²) < 4.78 is 1.72. The predicted molar refractivity (Wildman–Crippen MR) is 52.1 cm³/mol. The van der Waals surface area contributed by atoms with Gasteiger partial charge in [-0.25, -0.2) is 9.50 Å². The smallest absolute Gasteiger partial charge is 0.174 e. The van der Waals surface area contributed by atoms with Gasteiger partial charge in [0.25, 0.3) is 0 Å². The maximum Gasteiger partial charge on any atom is 0.174 e. The van der Waals surface area contributed by atoms with E-state index in [0.717, 1.165) is 23.5 Å². The highest BCUT2D eigenvalue weighted by Crippen LogP contribution is 2.19. The first kappa shape index (κ1) is 8.51. The molecule has 4 heteroatoms. The maximum absolute atomic E-state index is 6.07. The number of hydrogen-bond acceptors (Lipinski definition) is 2. The Hall–Kier alpha value is -1.09. The molecular weight excluding hydrogens is 186 g/mol. The Balaban J connectivity index is 2.76. The quantitative estimate of drug-likeness (QED) is 0.699. The molecule has 0 aromatic carbocycles. The number of fused-ring (bicyclic) bond motifs is 1. The predicted octanol–water partition coefficient (Wildman–Crippen LogP) is 2.25. The van der Waals surface area contributed by atoms with Crippen molar-refractivity contribution >= 4 is 17.2 Å². The molecule has 0 saturated heterocycles. The van der Waals surface area contributed by atoms with Crippen LogP contribution >= 0.6 is 11.6 Å².